The molecule has 0 radical (unpaired) electrons. The molecule has 0 saturated heterocycles. The van der Waals surface area contributed by atoms with Gasteiger partial charge >= 0.3 is 0 Å². The van der Waals surface area contributed by atoms with Crippen LogP contribution in [0.15, 0.2) is 113 Å². The summed E-state index contributed by atoms with van der Waals surface area (Å²) in [6.07, 6.45) is 1.71. The van der Waals surface area contributed by atoms with E-state index in [1.807, 2.05) is 85.8 Å². The standard InChI is InChI=1S/C31H23FN4O/c1-21-26(24-14-7-10-18-29(24)35(21)20-23-13-5-8-16-27(23)32)19-33-36-30(22-11-3-2-4-12-22)34-28-17-9-6-15-25(28)31(36)37/h2-19H,20H2,1H3. The van der Waals surface area contributed by atoms with Crippen molar-refractivity contribution < 1.29 is 4.39 Å². The lowest BCUT2D eigenvalue weighted by Crippen LogP contribution is -2.20. The van der Waals surface area contributed by atoms with Gasteiger partial charge in [-0.2, -0.15) is 9.78 Å². The van der Waals surface area contributed by atoms with Gasteiger partial charge in [0.2, 0.25) is 0 Å². The maximum absolute atomic E-state index is 14.5. The van der Waals surface area contributed by atoms with Crippen LogP contribution in [0.25, 0.3) is 33.2 Å². The summed E-state index contributed by atoms with van der Waals surface area (Å²) in [6.45, 7) is 2.38. The van der Waals surface area contributed by atoms with Crippen molar-refractivity contribution in [3.05, 3.63) is 136 Å². The van der Waals surface area contributed by atoms with Crippen molar-refractivity contribution in [3.8, 4) is 11.4 Å². The zero-order valence-corrected chi connectivity index (χ0v) is 20.2. The van der Waals surface area contributed by atoms with Crippen molar-refractivity contribution >= 4 is 28.0 Å². The first-order chi connectivity index (χ1) is 18.1. The largest absolute Gasteiger partial charge is 0.340 e. The summed E-state index contributed by atoms with van der Waals surface area (Å²) in [5, 5.41) is 6.15. The molecule has 2 aromatic heterocycles. The van der Waals surface area contributed by atoms with Crippen LogP contribution in [0.1, 0.15) is 16.8 Å². The highest BCUT2D eigenvalue weighted by Crippen LogP contribution is 2.26. The van der Waals surface area contributed by atoms with Crippen molar-refractivity contribution in [1.82, 2.24) is 14.2 Å². The van der Waals surface area contributed by atoms with E-state index in [2.05, 4.69) is 9.67 Å². The molecule has 6 rings (SSSR count). The summed E-state index contributed by atoms with van der Waals surface area (Å²) in [5.74, 6) is 0.226. The molecule has 6 aromatic rings. The summed E-state index contributed by atoms with van der Waals surface area (Å²) in [6, 6.07) is 31.6. The van der Waals surface area contributed by atoms with Gasteiger partial charge in [0.05, 0.1) is 23.7 Å². The summed E-state index contributed by atoms with van der Waals surface area (Å²) in [4.78, 5) is 18.3. The Kier molecular flexibility index (Phi) is 5.69. The Balaban J connectivity index is 1.53. The highest BCUT2D eigenvalue weighted by Gasteiger charge is 2.16. The average Bonchev–Trinajstić information content (AvgIpc) is 3.20. The molecule has 0 bridgehead atoms. The molecule has 0 atom stereocenters. The van der Waals surface area contributed by atoms with Gasteiger partial charge in [0, 0.05) is 33.3 Å². The fourth-order valence-corrected chi connectivity index (χ4v) is 4.74. The molecule has 180 valence electrons. The van der Waals surface area contributed by atoms with Crippen molar-refractivity contribution in [2.45, 2.75) is 13.5 Å². The third kappa shape index (κ3) is 4.02. The maximum atomic E-state index is 14.5. The number of halogens is 1. The number of fused-ring (bicyclic) bond motifs is 2. The second kappa shape index (κ2) is 9.32. The number of benzene rings is 4. The van der Waals surface area contributed by atoms with Crippen LogP contribution in [0.5, 0.6) is 0 Å². The quantitative estimate of drug-likeness (QED) is 0.265. The Morgan fingerprint density at radius 2 is 1.51 bits per heavy atom. The molecular weight excluding hydrogens is 463 g/mol. The van der Waals surface area contributed by atoms with Gasteiger partial charge in [0.1, 0.15) is 5.82 Å². The van der Waals surface area contributed by atoms with Crippen LogP contribution in [-0.2, 0) is 6.54 Å². The van der Waals surface area contributed by atoms with Crippen molar-refractivity contribution in [2.24, 2.45) is 5.10 Å². The summed E-state index contributed by atoms with van der Waals surface area (Å²) < 4.78 is 17.9. The molecule has 6 heteroatoms. The second-order valence-corrected chi connectivity index (χ2v) is 8.87. The molecule has 37 heavy (non-hydrogen) atoms. The Labute approximate surface area is 212 Å². The van der Waals surface area contributed by atoms with Crippen LogP contribution in [0.3, 0.4) is 0 Å². The first-order valence-corrected chi connectivity index (χ1v) is 12.0. The summed E-state index contributed by atoms with van der Waals surface area (Å²) in [5.41, 5.74) is 4.54. The zero-order chi connectivity index (χ0) is 25.4. The van der Waals surface area contributed by atoms with Crippen LogP contribution in [0.2, 0.25) is 0 Å². The molecule has 0 N–H and O–H groups in total. The van der Waals surface area contributed by atoms with Crippen LogP contribution in [0, 0.1) is 12.7 Å². The van der Waals surface area contributed by atoms with Gasteiger partial charge in [-0.25, -0.2) is 9.37 Å². The minimum atomic E-state index is -0.242. The predicted octanol–water partition coefficient (Wildman–Crippen LogP) is 6.40. The maximum Gasteiger partial charge on any atom is 0.282 e. The smallest absolute Gasteiger partial charge is 0.282 e. The predicted molar refractivity (Wildman–Crippen MR) is 147 cm³/mol. The summed E-state index contributed by atoms with van der Waals surface area (Å²) in [7, 11) is 0. The van der Waals surface area contributed by atoms with Crippen LogP contribution in [-0.4, -0.2) is 20.4 Å². The lowest BCUT2D eigenvalue weighted by atomic mass is 10.1. The molecule has 0 spiro atoms. The van der Waals surface area contributed by atoms with Gasteiger partial charge in [0.25, 0.3) is 5.56 Å². The number of nitrogens with zero attached hydrogens (tertiary/aromatic N) is 4. The second-order valence-electron chi connectivity index (χ2n) is 8.87. The number of hydrogen-bond acceptors (Lipinski definition) is 3. The first kappa shape index (κ1) is 22.6. The molecule has 0 amide bonds. The van der Waals surface area contributed by atoms with E-state index in [1.54, 1.807) is 24.4 Å². The number of aromatic nitrogens is 3. The Hall–Kier alpha value is -4.84. The molecule has 0 fully saturated rings. The molecule has 0 aliphatic rings. The van der Waals surface area contributed by atoms with E-state index in [1.165, 1.54) is 10.7 Å². The monoisotopic (exact) mass is 486 g/mol. The van der Waals surface area contributed by atoms with E-state index in [0.29, 0.717) is 28.8 Å². The lowest BCUT2D eigenvalue weighted by molar-refractivity contribution is 0.600. The minimum Gasteiger partial charge on any atom is -0.340 e. The fraction of sp³-hybridized carbons (Fsp3) is 0.0645. The molecule has 0 aliphatic heterocycles. The van der Waals surface area contributed by atoms with E-state index in [-0.39, 0.29) is 11.4 Å². The topological polar surface area (TPSA) is 52.2 Å². The Morgan fingerprint density at radius 1 is 0.838 bits per heavy atom. The SMILES string of the molecule is Cc1c(C=Nn2c(-c3ccccc3)nc3ccccc3c2=O)c2ccccc2n1Cc1ccccc1F. The van der Waals surface area contributed by atoms with E-state index in [4.69, 9.17) is 4.98 Å². The third-order valence-corrected chi connectivity index (χ3v) is 6.65. The minimum absolute atomic E-state index is 0.240. The van der Waals surface area contributed by atoms with Gasteiger partial charge in [-0.3, -0.25) is 4.79 Å². The van der Waals surface area contributed by atoms with Crippen molar-refractivity contribution in [2.75, 3.05) is 0 Å². The number of para-hydroxylation sites is 2. The normalized spacial score (nSPS) is 11.6. The van der Waals surface area contributed by atoms with Gasteiger partial charge in [-0.1, -0.05) is 78.9 Å². The Bertz CT molecular complexity index is 1850. The summed E-state index contributed by atoms with van der Waals surface area (Å²) >= 11 is 0. The number of rotatable bonds is 5. The van der Waals surface area contributed by atoms with Gasteiger partial charge < -0.3 is 4.57 Å². The fourth-order valence-electron chi connectivity index (χ4n) is 4.74. The van der Waals surface area contributed by atoms with Crippen LogP contribution >= 0.6 is 0 Å². The third-order valence-electron chi connectivity index (χ3n) is 6.65. The van der Waals surface area contributed by atoms with Crippen LogP contribution < -0.4 is 5.56 Å². The highest BCUT2D eigenvalue weighted by molar-refractivity contribution is 6.01. The molecule has 0 saturated carbocycles. The molecule has 5 nitrogen and oxygen atoms in total. The van der Waals surface area contributed by atoms with Gasteiger partial charge in [-0.15, -0.1) is 0 Å². The van der Waals surface area contributed by atoms with Gasteiger partial charge in [0.15, 0.2) is 5.82 Å². The highest BCUT2D eigenvalue weighted by atomic mass is 19.1. The average molecular weight is 487 g/mol. The lowest BCUT2D eigenvalue weighted by Gasteiger charge is -2.10. The van der Waals surface area contributed by atoms with E-state index in [9.17, 15) is 9.18 Å². The van der Waals surface area contributed by atoms with E-state index >= 15 is 0 Å². The van der Waals surface area contributed by atoms with Crippen LogP contribution in [0.4, 0.5) is 4.39 Å². The number of hydrogen-bond donors (Lipinski definition) is 0. The molecule has 4 aromatic carbocycles. The van der Waals surface area contributed by atoms with Crippen molar-refractivity contribution in [1.29, 1.82) is 0 Å². The molecule has 0 aliphatic carbocycles. The molecule has 2 heterocycles. The van der Waals surface area contributed by atoms with E-state index < -0.39 is 0 Å². The van der Waals surface area contributed by atoms with Crippen molar-refractivity contribution in [3.63, 3.8) is 0 Å². The zero-order valence-electron chi connectivity index (χ0n) is 20.2. The molecule has 0 unspecified atom stereocenters. The van der Waals surface area contributed by atoms with E-state index in [0.717, 1.165) is 27.7 Å². The molecular formula is C31H23FN4O. The first-order valence-electron chi connectivity index (χ1n) is 12.0. The van der Waals surface area contributed by atoms with Gasteiger partial charge in [-0.05, 0) is 31.2 Å². The Morgan fingerprint density at radius 3 is 2.32 bits per heavy atom.